The van der Waals surface area contributed by atoms with E-state index in [9.17, 15) is 4.79 Å². The minimum Gasteiger partial charge on any atom is -0.369 e. The van der Waals surface area contributed by atoms with Crippen molar-refractivity contribution in [3.8, 4) is 0 Å². The molecule has 1 aliphatic rings. The van der Waals surface area contributed by atoms with E-state index in [0.29, 0.717) is 17.3 Å². The first-order valence-electron chi connectivity index (χ1n) is 8.09. The van der Waals surface area contributed by atoms with Crippen LogP contribution in [0.15, 0.2) is 6.20 Å². The van der Waals surface area contributed by atoms with Crippen LogP contribution in [0.2, 0.25) is 0 Å². The topological polar surface area (TPSA) is 70.2 Å². The first-order chi connectivity index (χ1) is 10.5. The Morgan fingerprint density at radius 1 is 1.32 bits per heavy atom. The molecule has 6 heteroatoms. The third-order valence-electron chi connectivity index (χ3n) is 3.64. The highest BCUT2D eigenvalue weighted by molar-refractivity contribution is 5.98. The summed E-state index contributed by atoms with van der Waals surface area (Å²) in [5, 5.41) is 6.57. The van der Waals surface area contributed by atoms with Gasteiger partial charge in [-0.3, -0.25) is 4.79 Å². The number of anilines is 1. The van der Waals surface area contributed by atoms with Crippen molar-refractivity contribution in [2.24, 2.45) is 5.92 Å². The summed E-state index contributed by atoms with van der Waals surface area (Å²) < 4.78 is 0. The Kier molecular flexibility index (Phi) is 5.71. The molecule has 0 spiro atoms. The second-order valence-electron chi connectivity index (χ2n) is 6.46. The number of rotatable bonds is 5. The van der Waals surface area contributed by atoms with E-state index in [4.69, 9.17) is 0 Å². The maximum Gasteiger partial charge on any atom is 0.259 e. The zero-order valence-corrected chi connectivity index (χ0v) is 14.0. The van der Waals surface area contributed by atoms with Gasteiger partial charge in [-0.2, -0.15) is 0 Å². The van der Waals surface area contributed by atoms with Gasteiger partial charge in [0.15, 0.2) is 0 Å². The fourth-order valence-corrected chi connectivity index (χ4v) is 2.30. The lowest BCUT2D eigenvalue weighted by Gasteiger charge is -2.28. The number of hydrogen-bond acceptors (Lipinski definition) is 5. The number of aromatic nitrogens is 2. The molecule has 1 aromatic heterocycles. The summed E-state index contributed by atoms with van der Waals surface area (Å²) in [4.78, 5) is 23.5. The predicted molar refractivity (Wildman–Crippen MR) is 88.2 cm³/mol. The molecular weight excluding hydrogens is 278 g/mol. The summed E-state index contributed by atoms with van der Waals surface area (Å²) >= 11 is 0. The van der Waals surface area contributed by atoms with Crippen LogP contribution < -0.4 is 10.6 Å². The minimum atomic E-state index is 0.0167. The van der Waals surface area contributed by atoms with Crippen LogP contribution in [0.25, 0.3) is 0 Å². The van der Waals surface area contributed by atoms with Gasteiger partial charge in [-0.15, -0.1) is 0 Å². The van der Waals surface area contributed by atoms with Crippen molar-refractivity contribution in [2.45, 2.75) is 33.6 Å². The summed E-state index contributed by atoms with van der Waals surface area (Å²) in [7, 11) is 0. The third kappa shape index (κ3) is 4.16. The Balaban J connectivity index is 2.25. The van der Waals surface area contributed by atoms with Crippen LogP contribution in [0.5, 0.6) is 0 Å². The molecule has 2 rings (SSSR count). The predicted octanol–water partition coefficient (Wildman–Crippen LogP) is 1.71. The first-order valence-corrected chi connectivity index (χ1v) is 8.09. The van der Waals surface area contributed by atoms with Gasteiger partial charge in [-0.05, 0) is 5.92 Å². The average Bonchev–Trinajstić information content (AvgIpc) is 2.52. The monoisotopic (exact) mass is 305 g/mol. The normalized spacial score (nSPS) is 15.5. The first kappa shape index (κ1) is 16.7. The van der Waals surface area contributed by atoms with Gasteiger partial charge in [0.05, 0.1) is 0 Å². The number of nitrogens with one attached hydrogen (secondary N) is 2. The van der Waals surface area contributed by atoms with E-state index in [0.717, 1.165) is 38.5 Å². The molecule has 0 aliphatic carbocycles. The molecular formula is C16H27N5O. The highest BCUT2D eigenvalue weighted by atomic mass is 16.2. The van der Waals surface area contributed by atoms with E-state index in [1.807, 2.05) is 4.90 Å². The molecule has 0 saturated carbocycles. The highest BCUT2D eigenvalue weighted by Gasteiger charge is 2.22. The minimum absolute atomic E-state index is 0.0167. The highest BCUT2D eigenvalue weighted by Crippen LogP contribution is 2.19. The largest absolute Gasteiger partial charge is 0.369 e. The molecule has 1 aromatic rings. The van der Waals surface area contributed by atoms with Gasteiger partial charge in [-0.1, -0.05) is 27.7 Å². The van der Waals surface area contributed by atoms with Crippen molar-refractivity contribution in [1.82, 2.24) is 20.2 Å². The number of piperazine rings is 1. The average molecular weight is 305 g/mol. The number of amides is 1. The van der Waals surface area contributed by atoms with Crippen molar-refractivity contribution in [1.29, 1.82) is 0 Å². The van der Waals surface area contributed by atoms with Crippen molar-refractivity contribution >= 4 is 11.7 Å². The van der Waals surface area contributed by atoms with Crippen LogP contribution in [0.1, 0.15) is 49.8 Å². The van der Waals surface area contributed by atoms with Gasteiger partial charge >= 0.3 is 0 Å². The summed E-state index contributed by atoms with van der Waals surface area (Å²) in [6, 6.07) is 0. The SMILES string of the molecule is CC(C)CNc1nc(C(C)C)ncc1C(=O)N1CCNCC1. The Bertz CT molecular complexity index is 509. The fourth-order valence-electron chi connectivity index (χ4n) is 2.30. The van der Waals surface area contributed by atoms with Crippen molar-refractivity contribution < 1.29 is 4.79 Å². The molecule has 1 aliphatic heterocycles. The number of carbonyl (C=O) groups excluding carboxylic acids is 1. The molecule has 2 heterocycles. The van der Waals surface area contributed by atoms with E-state index in [1.54, 1.807) is 6.20 Å². The second kappa shape index (κ2) is 7.54. The van der Waals surface area contributed by atoms with E-state index in [1.165, 1.54) is 0 Å². The van der Waals surface area contributed by atoms with Crippen LogP contribution in [0.3, 0.4) is 0 Å². The van der Waals surface area contributed by atoms with Crippen LogP contribution in [0.4, 0.5) is 5.82 Å². The van der Waals surface area contributed by atoms with E-state index < -0.39 is 0 Å². The quantitative estimate of drug-likeness (QED) is 0.867. The summed E-state index contributed by atoms with van der Waals surface area (Å²) in [6.07, 6.45) is 1.68. The summed E-state index contributed by atoms with van der Waals surface area (Å²) in [5.74, 6) is 2.17. The Morgan fingerprint density at radius 2 is 2.00 bits per heavy atom. The van der Waals surface area contributed by atoms with Crippen LogP contribution in [-0.4, -0.2) is 53.5 Å². The molecule has 22 heavy (non-hydrogen) atoms. The number of carbonyl (C=O) groups is 1. The maximum atomic E-state index is 12.7. The smallest absolute Gasteiger partial charge is 0.259 e. The van der Waals surface area contributed by atoms with Gasteiger partial charge in [0.25, 0.3) is 5.91 Å². The van der Waals surface area contributed by atoms with E-state index in [2.05, 4.69) is 48.3 Å². The van der Waals surface area contributed by atoms with E-state index in [-0.39, 0.29) is 11.8 Å². The van der Waals surface area contributed by atoms with Gasteiger partial charge in [0, 0.05) is 44.8 Å². The molecule has 0 atom stereocenters. The molecule has 6 nitrogen and oxygen atoms in total. The van der Waals surface area contributed by atoms with Crippen molar-refractivity contribution in [2.75, 3.05) is 38.0 Å². The third-order valence-corrected chi connectivity index (χ3v) is 3.64. The Morgan fingerprint density at radius 3 is 2.59 bits per heavy atom. The Hall–Kier alpha value is -1.69. The lowest BCUT2D eigenvalue weighted by atomic mass is 10.1. The zero-order chi connectivity index (χ0) is 16.1. The maximum absolute atomic E-state index is 12.7. The van der Waals surface area contributed by atoms with Crippen LogP contribution in [-0.2, 0) is 0 Å². The second-order valence-corrected chi connectivity index (χ2v) is 6.46. The Labute approximate surface area is 132 Å². The number of hydrogen-bond donors (Lipinski definition) is 2. The van der Waals surface area contributed by atoms with Crippen LogP contribution >= 0.6 is 0 Å². The molecule has 2 N–H and O–H groups in total. The molecule has 1 fully saturated rings. The van der Waals surface area contributed by atoms with E-state index >= 15 is 0 Å². The molecule has 0 radical (unpaired) electrons. The molecule has 1 saturated heterocycles. The molecule has 0 unspecified atom stereocenters. The molecule has 1 amide bonds. The van der Waals surface area contributed by atoms with Gasteiger partial charge in [0.1, 0.15) is 17.2 Å². The summed E-state index contributed by atoms with van der Waals surface area (Å²) in [6.45, 7) is 12.3. The molecule has 122 valence electrons. The number of nitrogens with zero attached hydrogens (tertiary/aromatic N) is 3. The van der Waals surface area contributed by atoms with Gasteiger partial charge in [0.2, 0.25) is 0 Å². The fraction of sp³-hybridized carbons (Fsp3) is 0.688. The van der Waals surface area contributed by atoms with Gasteiger partial charge < -0.3 is 15.5 Å². The molecule has 0 aromatic carbocycles. The lowest BCUT2D eigenvalue weighted by molar-refractivity contribution is 0.0736. The van der Waals surface area contributed by atoms with Crippen LogP contribution in [0, 0.1) is 5.92 Å². The molecule has 0 bridgehead atoms. The zero-order valence-electron chi connectivity index (χ0n) is 14.0. The standard InChI is InChI=1S/C16H27N5O/c1-11(2)9-18-15-13(10-19-14(20-15)12(3)4)16(22)21-7-5-17-6-8-21/h10-12,17H,5-9H2,1-4H3,(H,18,19,20). The van der Waals surface area contributed by atoms with Gasteiger partial charge in [-0.25, -0.2) is 9.97 Å². The summed E-state index contributed by atoms with van der Waals surface area (Å²) in [5.41, 5.74) is 0.576. The van der Waals surface area contributed by atoms with Crippen molar-refractivity contribution in [3.63, 3.8) is 0 Å². The van der Waals surface area contributed by atoms with Crippen molar-refractivity contribution in [3.05, 3.63) is 17.6 Å². The lowest BCUT2D eigenvalue weighted by Crippen LogP contribution is -2.46.